The van der Waals surface area contributed by atoms with Crippen LogP contribution in [0.25, 0.3) is 0 Å². The van der Waals surface area contributed by atoms with Crippen LogP contribution in [0.15, 0.2) is 0 Å². The van der Waals surface area contributed by atoms with Crippen LogP contribution in [0.4, 0.5) is 4.79 Å². The lowest BCUT2D eigenvalue weighted by Crippen LogP contribution is -2.62. The van der Waals surface area contributed by atoms with Gasteiger partial charge in [-0.05, 0) is 6.42 Å². The molecule has 3 N–H and O–H groups in total. The van der Waals surface area contributed by atoms with Gasteiger partial charge in [0.25, 0.3) is 0 Å². The number of rotatable bonds is 3. The van der Waals surface area contributed by atoms with E-state index in [-0.39, 0.29) is 0 Å². The number of aliphatic hydroxyl groups excluding tert-OH is 1. The number of methoxy groups -OCH3 is 1. The lowest BCUT2D eigenvalue weighted by molar-refractivity contribution is -0.0645. The Balaban J connectivity index is 2.59. The van der Waals surface area contributed by atoms with E-state index in [0.29, 0.717) is 6.42 Å². The summed E-state index contributed by atoms with van der Waals surface area (Å²) in [5, 5.41) is 9.42. The van der Waals surface area contributed by atoms with Gasteiger partial charge in [0.05, 0.1) is 13.2 Å². The lowest BCUT2D eigenvalue weighted by Gasteiger charge is -2.48. The fourth-order valence-corrected chi connectivity index (χ4v) is 2.61. The molecule has 0 heterocycles. The molecule has 0 spiro atoms. The molecular formula is C8H16N2O5S. The van der Waals surface area contributed by atoms with Crippen LogP contribution in [0.5, 0.6) is 0 Å². The van der Waals surface area contributed by atoms with Crippen molar-refractivity contribution in [3.05, 3.63) is 0 Å². The first kappa shape index (κ1) is 13.2. The number of amides is 1. The van der Waals surface area contributed by atoms with E-state index in [1.165, 1.54) is 0 Å². The van der Waals surface area contributed by atoms with Crippen LogP contribution in [0.3, 0.4) is 0 Å². The summed E-state index contributed by atoms with van der Waals surface area (Å²) in [4.78, 5) is 10.7. The van der Waals surface area contributed by atoms with Gasteiger partial charge in [-0.1, -0.05) is 13.8 Å². The predicted molar refractivity (Wildman–Crippen MR) is 55.8 cm³/mol. The quantitative estimate of drug-likeness (QED) is 0.618. The van der Waals surface area contributed by atoms with Crippen molar-refractivity contribution in [2.24, 2.45) is 5.41 Å². The zero-order chi connectivity index (χ0) is 12.6. The molecule has 1 saturated carbocycles. The highest BCUT2D eigenvalue weighted by Gasteiger charge is 2.49. The average molecular weight is 252 g/mol. The Morgan fingerprint density at radius 1 is 1.50 bits per heavy atom. The first-order chi connectivity index (χ1) is 7.19. The summed E-state index contributed by atoms with van der Waals surface area (Å²) in [5.41, 5.74) is -0.537. The average Bonchev–Trinajstić information content (AvgIpc) is 2.16. The van der Waals surface area contributed by atoms with E-state index in [1.807, 2.05) is 0 Å². The topological polar surface area (TPSA) is 105 Å². The van der Waals surface area contributed by atoms with Gasteiger partial charge in [0, 0.05) is 11.5 Å². The molecule has 8 heteroatoms. The fourth-order valence-electron chi connectivity index (χ4n) is 1.47. The molecule has 1 amide bonds. The highest BCUT2D eigenvalue weighted by molar-refractivity contribution is 7.88. The Labute approximate surface area is 94.4 Å². The van der Waals surface area contributed by atoms with Gasteiger partial charge in [0.2, 0.25) is 0 Å². The van der Waals surface area contributed by atoms with Crippen molar-refractivity contribution >= 4 is 16.3 Å². The fraction of sp³-hybridized carbons (Fsp3) is 0.875. The van der Waals surface area contributed by atoms with Crippen molar-refractivity contribution in [2.75, 3.05) is 7.11 Å². The number of aliphatic hydroxyl groups is 1. The molecular weight excluding hydrogens is 236 g/mol. The van der Waals surface area contributed by atoms with E-state index in [2.05, 4.69) is 9.46 Å². The van der Waals surface area contributed by atoms with E-state index in [4.69, 9.17) is 0 Å². The molecule has 2 unspecified atom stereocenters. The second kappa shape index (κ2) is 4.19. The van der Waals surface area contributed by atoms with Gasteiger partial charge in [-0.3, -0.25) is 0 Å². The Morgan fingerprint density at radius 2 is 2.06 bits per heavy atom. The third-order valence-corrected chi connectivity index (χ3v) is 3.95. The minimum absolute atomic E-state index is 0.328. The van der Waals surface area contributed by atoms with Crippen LogP contribution in [-0.4, -0.2) is 38.9 Å². The van der Waals surface area contributed by atoms with Crippen LogP contribution in [-0.2, 0) is 14.9 Å². The molecule has 1 fully saturated rings. The Hall–Kier alpha value is -0.860. The smallest absolute Gasteiger partial charge is 0.421 e. The Morgan fingerprint density at radius 3 is 2.44 bits per heavy atom. The molecule has 0 radical (unpaired) electrons. The third kappa shape index (κ3) is 2.63. The molecule has 16 heavy (non-hydrogen) atoms. The SMILES string of the molecule is COC(=O)NS(=O)(=O)NC1CC(O)C1(C)C. The number of nitrogens with one attached hydrogen (secondary N) is 2. The van der Waals surface area contributed by atoms with Crippen LogP contribution >= 0.6 is 0 Å². The maximum atomic E-state index is 11.4. The zero-order valence-corrected chi connectivity index (χ0v) is 10.2. The number of carbonyl (C=O) groups excluding carboxylic acids is 1. The molecule has 94 valence electrons. The third-order valence-electron chi connectivity index (χ3n) is 2.92. The van der Waals surface area contributed by atoms with Gasteiger partial charge in [-0.25, -0.2) is 9.52 Å². The summed E-state index contributed by atoms with van der Waals surface area (Å²) in [6.45, 7) is 3.49. The number of hydrogen-bond donors (Lipinski definition) is 3. The summed E-state index contributed by atoms with van der Waals surface area (Å²) in [6, 6.07) is -0.398. The van der Waals surface area contributed by atoms with Crippen LogP contribution in [0.1, 0.15) is 20.3 Å². The summed E-state index contributed by atoms with van der Waals surface area (Å²) in [6.07, 6.45) is -1.27. The molecule has 1 rings (SSSR count). The van der Waals surface area contributed by atoms with E-state index >= 15 is 0 Å². The largest absolute Gasteiger partial charge is 0.452 e. The normalized spacial score (nSPS) is 28.0. The molecule has 2 atom stereocenters. The van der Waals surface area contributed by atoms with Crippen LogP contribution in [0.2, 0.25) is 0 Å². The molecule has 0 aliphatic heterocycles. The van der Waals surface area contributed by atoms with Gasteiger partial charge in [-0.2, -0.15) is 13.1 Å². The minimum Gasteiger partial charge on any atom is -0.452 e. The second-order valence-corrected chi connectivity index (χ2v) is 5.79. The molecule has 0 bridgehead atoms. The van der Waals surface area contributed by atoms with Crippen molar-refractivity contribution in [3.63, 3.8) is 0 Å². The summed E-state index contributed by atoms with van der Waals surface area (Å²) in [7, 11) is -2.86. The van der Waals surface area contributed by atoms with Gasteiger partial charge in [-0.15, -0.1) is 0 Å². The van der Waals surface area contributed by atoms with E-state index < -0.39 is 33.9 Å². The van der Waals surface area contributed by atoms with Gasteiger partial charge in [0.1, 0.15) is 0 Å². The van der Waals surface area contributed by atoms with Crippen molar-refractivity contribution < 1.29 is 23.1 Å². The highest BCUT2D eigenvalue weighted by Crippen LogP contribution is 2.40. The lowest BCUT2D eigenvalue weighted by atomic mass is 9.65. The first-order valence-corrected chi connectivity index (χ1v) is 6.23. The van der Waals surface area contributed by atoms with Gasteiger partial charge >= 0.3 is 16.3 Å². The van der Waals surface area contributed by atoms with Crippen molar-refractivity contribution in [1.82, 2.24) is 9.44 Å². The molecule has 1 aliphatic carbocycles. The molecule has 7 nitrogen and oxygen atoms in total. The van der Waals surface area contributed by atoms with Crippen LogP contribution in [0, 0.1) is 5.41 Å². The molecule has 1 aliphatic rings. The van der Waals surface area contributed by atoms with E-state index in [0.717, 1.165) is 7.11 Å². The molecule has 0 saturated heterocycles. The van der Waals surface area contributed by atoms with E-state index in [9.17, 15) is 18.3 Å². The summed E-state index contributed by atoms with van der Waals surface area (Å²) < 4.78 is 30.9. The second-order valence-electron chi connectivity index (χ2n) is 4.34. The zero-order valence-electron chi connectivity index (χ0n) is 9.35. The number of carbonyl (C=O) groups is 1. The van der Waals surface area contributed by atoms with E-state index in [1.54, 1.807) is 18.6 Å². The van der Waals surface area contributed by atoms with Gasteiger partial charge in [0.15, 0.2) is 0 Å². The minimum atomic E-state index is -3.93. The van der Waals surface area contributed by atoms with Gasteiger partial charge < -0.3 is 9.84 Å². The molecule has 0 aromatic carbocycles. The highest BCUT2D eigenvalue weighted by atomic mass is 32.2. The Kier molecular flexibility index (Phi) is 3.46. The van der Waals surface area contributed by atoms with Crippen molar-refractivity contribution in [2.45, 2.75) is 32.4 Å². The summed E-state index contributed by atoms with van der Waals surface area (Å²) >= 11 is 0. The predicted octanol–water partition coefficient (Wildman–Crippen LogP) is -0.664. The maximum absolute atomic E-state index is 11.4. The summed E-state index contributed by atoms with van der Waals surface area (Å²) in [5.74, 6) is 0. The monoisotopic (exact) mass is 252 g/mol. The first-order valence-electron chi connectivity index (χ1n) is 4.75. The van der Waals surface area contributed by atoms with Crippen LogP contribution < -0.4 is 9.44 Å². The molecule has 0 aromatic rings. The maximum Gasteiger partial charge on any atom is 0.421 e. The standard InChI is InChI=1S/C8H16N2O5S/c1-8(2)5(4-6(8)11)9-16(13,14)10-7(12)15-3/h5-6,9,11H,4H2,1-3H3,(H,10,12). The van der Waals surface area contributed by atoms with Crippen molar-refractivity contribution in [3.8, 4) is 0 Å². The van der Waals surface area contributed by atoms with Crippen molar-refractivity contribution in [1.29, 1.82) is 0 Å². The number of hydrogen-bond acceptors (Lipinski definition) is 5. The Bertz CT molecular complexity index is 378. The number of ether oxygens (including phenoxy) is 1. The molecule has 0 aromatic heterocycles.